The molecule has 19 heavy (non-hydrogen) atoms. The summed E-state index contributed by atoms with van der Waals surface area (Å²) in [6.07, 6.45) is 3.17. The fraction of sp³-hybridized carbons (Fsp3) is 0.462. The van der Waals surface area contributed by atoms with Gasteiger partial charge in [-0.2, -0.15) is 0 Å². The summed E-state index contributed by atoms with van der Waals surface area (Å²) in [7, 11) is 0. The van der Waals surface area contributed by atoms with Crippen molar-refractivity contribution in [1.29, 1.82) is 0 Å². The molecule has 1 atom stereocenters. The average molecular weight is 262 g/mol. The van der Waals surface area contributed by atoms with E-state index in [1.54, 1.807) is 12.3 Å². The summed E-state index contributed by atoms with van der Waals surface area (Å²) in [6, 6.07) is 2.88. The van der Waals surface area contributed by atoms with Gasteiger partial charge >= 0.3 is 6.03 Å². The number of carbonyl (C=O) groups is 2. The van der Waals surface area contributed by atoms with Gasteiger partial charge in [-0.15, -0.1) is 0 Å². The van der Waals surface area contributed by atoms with Gasteiger partial charge in [0.2, 0.25) is 0 Å². The quantitative estimate of drug-likeness (QED) is 0.767. The van der Waals surface area contributed by atoms with Crippen LogP contribution in [0.5, 0.6) is 0 Å². The highest BCUT2D eigenvalue weighted by atomic mass is 16.2. The summed E-state index contributed by atoms with van der Waals surface area (Å²) in [5.41, 5.74) is 7.12. The molecule has 3 N–H and O–H groups in total. The molecule has 6 heteroatoms. The van der Waals surface area contributed by atoms with Crippen LogP contribution in [0.15, 0.2) is 18.3 Å². The second kappa shape index (κ2) is 5.79. The zero-order valence-electron chi connectivity index (χ0n) is 10.9. The van der Waals surface area contributed by atoms with Gasteiger partial charge < -0.3 is 11.1 Å². The molecule has 2 rings (SSSR count). The first-order valence-corrected chi connectivity index (χ1v) is 6.42. The number of nitrogens with zero attached hydrogens (tertiary/aromatic N) is 2. The molecule has 0 saturated carbocycles. The highest BCUT2D eigenvalue weighted by Crippen LogP contribution is 2.16. The van der Waals surface area contributed by atoms with Crippen LogP contribution in [0.4, 0.5) is 4.79 Å². The number of imide groups is 1. The maximum atomic E-state index is 12.1. The Bertz CT molecular complexity index is 489. The van der Waals surface area contributed by atoms with Gasteiger partial charge in [0.15, 0.2) is 0 Å². The molecule has 0 aliphatic carbocycles. The predicted octanol–water partition coefficient (Wildman–Crippen LogP) is 0.761. The largest absolute Gasteiger partial charge is 0.326 e. The van der Waals surface area contributed by atoms with Gasteiger partial charge in [0.25, 0.3) is 5.91 Å². The molecule has 0 aromatic carbocycles. The molecule has 6 nitrogen and oxygen atoms in total. The van der Waals surface area contributed by atoms with Gasteiger partial charge in [0.05, 0.1) is 12.2 Å². The molecule has 1 unspecified atom stereocenters. The smallest absolute Gasteiger partial charge is 0.325 e. The Balaban J connectivity index is 2.14. The second-order valence-electron chi connectivity index (χ2n) is 4.53. The minimum atomic E-state index is -0.393. The number of nitrogens with one attached hydrogen (secondary N) is 1. The lowest BCUT2D eigenvalue weighted by atomic mass is 10.1. The third-order valence-corrected chi connectivity index (χ3v) is 3.19. The summed E-state index contributed by atoms with van der Waals surface area (Å²) < 4.78 is 0. The van der Waals surface area contributed by atoms with E-state index in [-0.39, 0.29) is 25.0 Å². The zero-order valence-corrected chi connectivity index (χ0v) is 10.9. The molecule has 102 valence electrons. The molecular weight excluding hydrogens is 244 g/mol. The Hall–Kier alpha value is -1.95. The summed E-state index contributed by atoms with van der Waals surface area (Å²) >= 11 is 0. The molecule has 2 heterocycles. The van der Waals surface area contributed by atoms with Crippen LogP contribution in [-0.4, -0.2) is 27.9 Å². The normalized spacial score (nSPS) is 18.8. The molecule has 1 aliphatic heterocycles. The number of nitrogens with two attached hydrogens (primary N) is 1. The number of carbonyl (C=O) groups excluding carboxylic acids is 2. The van der Waals surface area contributed by atoms with Crippen molar-refractivity contribution in [3.63, 3.8) is 0 Å². The Morgan fingerprint density at radius 1 is 1.47 bits per heavy atom. The molecule has 1 saturated heterocycles. The summed E-state index contributed by atoms with van der Waals surface area (Å²) in [5, 5.41) is 2.70. The number of pyridine rings is 1. The van der Waals surface area contributed by atoms with E-state index in [1.165, 1.54) is 4.90 Å². The number of aromatic nitrogens is 1. The molecule has 0 spiro atoms. The van der Waals surface area contributed by atoms with E-state index in [4.69, 9.17) is 5.73 Å². The van der Waals surface area contributed by atoms with Crippen molar-refractivity contribution in [3.05, 3.63) is 29.6 Å². The van der Waals surface area contributed by atoms with Crippen molar-refractivity contribution in [2.45, 2.75) is 38.9 Å². The number of urea groups is 1. The van der Waals surface area contributed by atoms with E-state index in [9.17, 15) is 9.59 Å². The van der Waals surface area contributed by atoms with Crippen LogP contribution in [0.3, 0.4) is 0 Å². The summed E-state index contributed by atoms with van der Waals surface area (Å²) in [5.74, 6) is -0.168. The van der Waals surface area contributed by atoms with E-state index in [1.807, 2.05) is 13.0 Å². The van der Waals surface area contributed by atoms with Crippen molar-refractivity contribution in [3.8, 4) is 0 Å². The Labute approximate surface area is 112 Å². The van der Waals surface area contributed by atoms with E-state index < -0.39 is 6.04 Å². The fourth-order valence-electron chi connectivity index (χ4n) is 2.18. The number of rotatable bonds is 5. The maximum Gasteiger partial charge on any atom is 0.325 e. The first-order valence-electron chi connectivity index (χ1n) is 6.42. The minimum absolute atomic E-state index is 0.168. The highest BCUT2D eigenvalue weighted by molar-refractivity contribution is 6.04. The van der Waals surface area contributed by atoms with Gasteiger partial charge in [-0.3, -0.25) is 14.7 Å². The SMILES string of the molecule is CCCC1NC(=O)N(Cc2cccnc2CN)C1=O. The zero-order chi connectivity index (χ0) is 13.8. The fourth-order valence-corrected chi connectivity index (χ4v) is 2.18. The summed E-state index contributed by atoms with van der Waals surface area (Å²) in [6.45, 7) is 2.50. The molecular formula is C13H18N4O2. The standard InChI is InChI=1S/C13H18N4O2/c1-2-4-10-12(18)17(13(19)16-10)8-9-5-3-6-15-11(9)7-14/h3,5-6,10H,2,4,7-8,14H2,1H3,(H,16,19). The first-order chi connectivity index (χ1) is 9.17. The van der Waals surface area contributed by atoms with E-state index in [0.717, 1.165) is 12.0 Å². The lowest BCUT2D eigenvalue weighted by Gasteiger charge is -2.14. The Morgan fingerprint density at radius 3 is 2.95 bits per heavy atom. The van der Waals surface area contributed by atoms with Crippen LogP contribution in [0, 0.1) is 0 Å². The van der Waals surface area contributed by atoms with Crippen molar-refractivity contribution in [2.24, 2.45) is 5.73 Å². The van der Waals surface area contributed by atoms with E-state index in [2.05, 4.69) is 10.3 Å². The van der Waals surface area contributed by atoms with E-state index in [0.29, 0.717) is 12.1 Å². The van der Waals surface area contributed by atoms with Crippen molar-refractivity contribution >= 4 is 11.9 Å². The molecule has 3 amide bonds. The number of hydrogen-bond acceptors (Lipinski definition) is 4. The molecule has 0 radical (unpaired) electrons. The topological polar surface area (TPSA) is 88.3 Å². The number of amides is 3. The van der Waals surface area contributed by atoms with Crippen LogP contribution in [-0.2, 0) is 17.9 Å². The molecule has 0 bridgehead atoms. The molecule has 1 fully saturated rings. The van der Waals surface area contributed by atoms with Gasteiger partial charge in [-0.1, -0.05) is 19.4 Å². The number of hydrogen-bond donors (Lipinski definition) is 2. The van der Waals surface area contributed by atoms with Crippen molar-refractivity contribution in [2.75, 3.05) is 0 Å². The third kappa shape index (κ3) is 2.73. The summed E-state index contributed by atoms with van der Waals surface area (Å²) in [4.78, 5) is 29.3. The lowest BCUT2D eigenvalue weighted by Crippen LogP contribution is -2.31. The van der Waals surface area contributed by atoms with Crippen molar-refractivity contribution in [1.82, 2.24) is 15.2 Å². The Morgan fingerprint density at radius 2 is 2.26 bits per heavy atom. The van der Waals surface area contributed by atoms with Crippen LogP contribution in [0.25, 0.3) is 0 Å². The van der Waals surface area contributed by atoms with Gasteiger partial charge in [0.1, 0.15) is 6.04 Å². The van der Waals surface area contributed by atoms with Gasteiger partial charge in [-0.05, 0) is 18.1 Å². The maximum absolute atomic E-state index is 12.1. The van der Waals surface area contributed by atoms with Gasteiger partial charge in [0, 0.05) is 12.7 Å². The Kier molecular flexibility index (Phi) is 4.11. The van der Waals surface area contributed by atoms with Crippen LogP contribution in [0.1, 0.15) is 31.0 Å². The molecule has 1 aromatic rings. The second-order valence-corrected chi connectivity index (χ2v) is 4.53. The first kappa shape index (κ1) is 13.5. The van der Waals surface area contributed by atoms with Crippen LogP contribution >= 0.6 is 0 Å². The average Bonchev–Trinajstić information content (AvgIpc) is 2.68. The minimum Gasteiger partial charge on any atom is -0.326 e. The van der Waals surface area contributed by atoms with Crippen molar-refractivity contribution < 1.29 is 9.59 Å². The van der Waals surface area contributed by atoms with Crippen LogP contribution in [0.2, 0.25) is 0 Å². The highest BCUT2D eigenvalue weighted by Gasteiger charge is 2.37. The predicted molar refractivity (Wildman–Crippen MR) is 69.9 cm³/mol. The van der Waals surface area contributed by atoms with E-state index >= 15 is 0 Å². The monoisotopic (exact) mass is 262 g/mol. The third-order valence-electron chi connectivity index (χ3n) is 3.19. The molecule has 1 aliphatic rings. The lowest BCUT2D eigenvalue weighted by molar-refractivity contribution is -0.128. The van der Waals surface area contributed by atoms with Gasteiger partial charge in [-0.25, -0.2) is 4.79 Å². The molecule has 1 aromatic heterocycles. The van der Waals surface area contributed by atoms with Crippen LogP contribution < -0.4 is 11.1 Å².